The highest BCUT2D eigenvalue weighted by Gasteiger charge is 2.13. The van der Waals surface area contributed by atoms with Crippen LogP contribution in [0.1, 0.15) is 22.3 Å². The van der Waals surface area contributed by atoms with Crippen LogP contribution in [0.25, 0.3) is 6.08 Å². The number of anilines is 1. The average Bonchev–Trinajstić information content (AvgIpc) is 2.74. The van der Waals surface area contributed by atoms with Crippen molar-refractivity contribution in [3.63, 3.8) is 0 Å². The van der Waals surface area contributed by atoms with Gasteiger partial charge in [-0.1, -0.05) is 59.1 Å². The van der Waals surface area contributed by atoms with Crippen LogP contribution < -0.4 is 10.1 Å². The summed E-state index contributed by atoms with van der Waals surface area (Å²) >= 11 is 9.88. The van der Waals surface area contributed by atoms with Crippen molar-refractivity contribution in [1.82, 2.24) is 0 Å². The summed E-state index contributed by atoms with van der Waals surface area (Å²) in [5, 5.41) is 12.6. The minimum absolute atomic E-state index is 0.0307. The van der Waals surface area contributed by atoms with Gasteiger partial charge in [0.2, 0.25) is 0 Å². The largest absolute Gasteiger partial charge is 0.486 e. The Balaban J connectivity index is 1.76. The van der Waals surface area contributed by atoms with Crippen LogP contribution in [0.5, 0.6) is 5.75 Å². The molecule has 1 amide bonds. The highest BCUT2D eigenvalue weighted by Crippen LogP contribution is 2.35. The zero-order chi connectivity index (χ0) is 22.4. The summed E-state index contributed by atoms with van der Waals surface area (Å²) in [5.74, 6) is 0.0142. The minimum atomic E-state index is -0.488. The van der Waals surface area contributed by atoms with Crippen LogP contribution in [0, 0.1) is 25.2 Å². The van der Waals surface area contributed by atoms with Gasteiger partial charge in [-0.05, 0) is 71.2 Å². The van der Waals surface area contributed by atoms with Crippen molar-refractivity contribution >= 4 is 45.2 Å². The fraction of sp³-hybridized carbons (Fsp3) is 0.120. The number of halogens is 2. The molecule has 0 bridgehead atoms. The van der Waals surface area contributed by atoms with E-state index in [0.717, 1.165) is 11.1 Å². The summed E-state index contributed by atoms with van der Waals surface area (Å²) in [4.78, 5) is 12.5. The first kappa shape index (κ1) is 22.6. The zero-order valence-corrected chi connectivity index (χ0v) is 19.4. The van der Waals surface area contributed by atoms with Gasteiger partial charge >= 0.3 is 0 Å². The average molecular weight is 496 g/mol. The number of hydrogen-bond acceptors (Lipinski definition) is 3. The van der Waals surface area contributed by atoms with Crippen LogP contribution in [0.4, 0.5) is 5.69 Å². The molecule has 3 aromatic carbocycles. The maximum Gasteiger partial charge on any atom is 0.266 e. The van der Waals surface area contributed by atoms with Gasteiger partial charge in [-0.3, -0.25) is 4.79 Å². The van der Waals surface area contributed by atoms with Crippen molar-refractivity contribution in [2.45, 2.75) is 20.5 Å². The molecule has 4 nitrogen and oxygen atoms in total. The summed E-state index contributed by atoms with van der Waals surface area (Å²) in [6.45, 7) is 4.36. The number of nitrogens with one attached hydrogen (secondary N) is 1. The lowest BCUT2D eigenvalue weighted by atomic mass is 10.1. The smallest absolute Gasteiger partial charge is 0.266 e. The van der Waals surface area contributed by atoms with Gasteiger partial charge in [0.1, 0.15) is 18.2 Å². The van der Waals surface area contributed by atoms with E-state index in [1.807, 2.05) is 56.3 Å². The van der Waals surface area contributed by atoms with Crippen molar-refractivity contribution in [3.05, 3.63) is 98.0 Å². The van der Waals surface area contributed by atoms with Crippen LogP contribution in [0.2, 0.25) is 5.02 Å². The van der Waals surface area contributed by atoms with E-state index in [1.165, 1.54) is 11.6 Å². The molecule has 0 aliphatic rings. The number of carbonyl (C=O) groups excluding carboxylic acids is 1. The molecule has 3 rings (SSSR count). The molecule has 0 heterocycles. The molecule has 0 unspecified atom stereocenters. The Morgan fingerprint density at radius 3 is 2.29 bits per heavy atom. The summed E-state index contributed by atoms with van der Waals surface area (Å²) < 4.78 is 6.51. The van der Waals surface area contributed by atoms with Crippen molar-refractivity contribution in [2.24, 2.45) is 0 Å². The summed E-state index contributed by atoms with van der Waals surface area (Å²) in [5.41, 5.74) is 4.48. The predicted molar refractivity (Wildman–Crippen MR) is 128 cm³/mol. The maximum atomic E-state index is 12.5. The molecular weight excluding hydrogens is 476 g/mol. The molecule has 0 aliphatic carbocycles. The molecule has 0 fully saturated rings. The standard InChI is InChI=1S/C25H20BrClN2O2/c1-16-3-7-18(8-4-16)15-31-24-22(26)12-19(13-23(24)27)11-20(14-28)25(30)29-21-9-5-17(2)6-10-21/h3-13H,15H2,1-2H3,(H,29,30)/b20-11-. The molecule has 0 atom stereocenters. The molecule has 1 N–H and O–H groups in total. The third-order valence-corrected chi connectivity index (χ3v) is 5.38. The van der Waals surface area contributed by atoms with Gasteiger partial charge in [0, 0.05) is 5.69 Å². The lowest BCUT2D eigenvalue weighted by Gasteiger charge is -2.12. The first-order valence-electron chi connectivity index (χ1n) is 9.53. The lowest BCUT2D eigenvalue weighted by molar-refractivity contribution is -0.112. The monoisotopic (exact) mass is 494 g/mol. The zero-order valence-electron chi connectivity index (χ0n) is 17.1. The molecule has 0 saturated heterocycles. The molecule has 6 heteroatoms. The van der Waals surface area contributed by atoms with Crippen molar-refractivity contribution < 1.29 is 9.53 Å². The van der Waals surface area contributed by atoms with Crippen LogP contribution in [0.15, 0.2) is 70.7 Å². The van der Waals surface area contributed by atoms with E-state index in [2.05, 4.69) is 21.2 Å². The second kappa shape index (κ2) is 10.3. The van der Waals surface area contributed by atoms with E-state index in [1.54, 1.807) is 24.3 Å². The number of amides is 1. The molecule has 0 aromatic heterocycles. The number of aryl methyl sites for hydroxylation is 2. The van der Waals surface area contributed by atoms with E-state index in [-0.39, 0.29) is 5.57 Å². The van der Waals surface area contributed by atoms with Crippen LogP contribution in [-0.4, -0.2) is 5.91 Å². The normalized spacial score (nSPS) is 11.0. The van der Waals surface area contributed by atoms with E-state index in [9.17, 15) is 10.1 Å². The molecule has 156 valence electrons. The van der Waals surface area contributed by atoms with Crippen molar-refractivity contribution in [3.8, 4) is 11.8 Å². The van der Waals surface area contributed by atoms with Crippen LogP contribution >= 0.6 is 27.5 Å². The van der Waals surface area contributed by atoms with Crippen molar-refractivity contribution in [2.75, 3.05) is 5.32 Å². The second-order valence-electron chi connectivity index (χ2n) is 7.08. The third-order valence-electron chi connectivity index (χ3n) is 4.51. The van der Waals surface area contributed by atoms with Gasteiger partial charge in [-0.15, -0.1) is 0 Å². The Bertz CT molecular complexity index is 1140. The first-order chi connectivity index (χ1) is 14.9. The highest BCUT2D eigenvalue weighted by atomic mass is 79.9. The molecule has 31 heavy (non-hydrogen) atoms. The van der Waals surface area contributed by atoms with Crippen LogP contribution in [0.3, 0.4) is 0 Å². The Morgan fingerprint density at radius 2 is 1.71 bits per heavy atom. The van der Waals surface area contributed by atoms with Gasteiger partial charge < -0.3 is 10.1 Å². The Kier molecular flexibility index (Phi) is 7.51. The fourth-order valence-electron chi connectivity index (χ4n) is 2.79. The van der Waals surface area contributed by atoms with E-state index >= 15 is 0 Å². The number of hydrogen-bond donors (Lipinski definition) is 1. The third kappa shape index (κ3) is 6.21. The van der Waals surface area contributed by atoms with Gasteiger partial charge in [0.25, 0.3) is 5.91 Å². The van der Waals surface area contributed by atoms with Gasteiger partial charge in [-0.25, -0.2) is 0 Å². The number of carbonyl (C=O) groups is 1. The highest BCUT2D eigenvalue weighted by molar-refractivity contribution is 9.10. The van der Waals surface area contributed by atoms with Gasteiger partial charge in [0.15, 0.2) is 5.75 Å². The maximum absolute atomic E-state index is 12.5. The molecule has 0 radical (unpaired) electrons. The Labute approximate surface area is 195 Å². The SMILES string of the molecule is Cc1ccc(COc2c(Cl)cc(/C=C(/C#N)C(=O)Nc3ccc(C)cc3)cc2Br)cc1. The molecular formula is C25H20BrClN2O2. The summed E-state index contributed by atoms with van der Waals surface area (Å²) in [6, 6.07) is 20.8. The summed E-state index contributed by atoms with van der Waals surface area (Å²) in [7, 11) is 0. The number of benzene rings is 3. The molecule has 3 aromatic rings. The molecule has 0 saturated carbocycles. The molecule has 0 aliphatic heterocycles. The van der Waals surface area contributed by atoms with E-state index in [4.69, 9.17) is 16.3 Å². The number of ether oxygens (including phenoxy) is 1. The molecule has 0 spiro atoms. The Hall–Kier alpha value is -3.07. The van der Waals surface area contributed by atoms with Gasteiger partial charge in [0.05, 0.1) is 9.50 Å². The summed E-state index contributed by atoms with van der Waals surface area (Å²) in [6.07, 6.45) is 1.49. The predicted octanol–water partition coefficient (Wildman–Crippen LogP) is 6.84. The second-order valence-corrected chi connectivity index (χ2v) is 8.34. The minimum Gasteiger partial charge on any atom is -0.486 e. The van der Waals surface area contributed by atoms with Crippen LogP contribution in [-0.2, 0) is 11.4 Å². The Morgan fingerprint density at radius 1 is 1.10 bits per heavy atom. The van der Waals surface area contributed by atoms with E-state index in [0.29, 0.717) is 33.1 Å². The van der Waals surface area contributed by atoms with Gasteiger partial charge in [-0.2, -0.15) is 5.26 Å². The fourth-order valence-corrected chi connectivity index (χ4v) is 3.78. The van der Waals surface area contributed by atoms with Crippen molar-refractivity contribution in [1.29, 1.82) is 5.26 Å². The number of nitrogens with zero attached hydrogens (tertiary/aromatic N) is 1. The number of nitriles is 1. The lowest BCUT2D eigenvalue weighted by Crippen LogP contribution is -2.13. The van der Waals surface area contributed by atoms with E-state index < -0.39 is 5.91 Å². The first-order valence-corrected chi connectivity index (χ1v) is 10.7. The quantitative estimate of drug-likeness (QED) is 0.301. The number of rotatable bonds is 6. The topological polar surface area (TPSA) is 62.1 Å².